The first-order valence-corrected chi connectivity index (χ1v) is 17.7. The number of nitrogens with one attached hydrogen (secondary N) is 1. The van der Waals surface area contributed by atoms with Crippen LogP contribution in [0.5, 0.6) is 5.75 Å². The Bertz CT molecular complexity index is 1690. The van der Waals surface area contributed by atoms with Crippen molar-refractivity contribution < 1.29 is 14.3 Å². The van der Waals surface area contributed by atoms with E-state index in [-0.39, 0.29) is 5.91 Å². The van der Waals surface area contributed by atoms with Crippen molar-refractivity contribution in [2.75, 3.05) is 43.1 Å². The van der Waals surface area contributed by atoms with Crippen LogP contribution in [0.2, 0.25) is 0 Å². The maximum atomic E-state index is 13.7. The Morgan fingerprint density at radius 2 is 1.73 bits per heavy atom. The average molecular weight is 665 g/mol. The second-order valence-corrected chi connectivity index (χ2v) is 13.5. The molecule has 4 aromatic rings. The van der Waals surface area contributed by atoms with Crippen LogP contribution < -0.4 is 20.7 Å². The van der Waals surface area contributed by atoms with Crippen LogP contribution in [-0.4, -0.2) is 53.6 Å². The first kappa shape index (κ1) is 35.8. The maximum absolute atomic E-state index is 13.7. The molecular formula is C40H52N6O3. The lowest BCUT2D eigenvalue weighted by Crippen LogP contribution is -2.37. The molecule has 0 fully saturated rings. The van der Waals surface area contributed by atoms with E-state index in [0.717, 1.165) is 84.8 Å². The molecule has 0 aliphatic carbocycles. The zero-order valence-corrected chi connectivity index (χ0v) is 29.7. The molecule has 260 valence electrons. The van der Waals surface area contributed by atoms with Gasteiger partial charge in [0, 0.05) is 43.2 Å². The van der Waals surface area contributed by atoms with E-state index < -0.39 is 5.54 Å². The number of ether oxygens (including phenoxy) is 2. The van der Waals surface area contributed by atoms with Crippen LogP contribution in [0.1, 0.15) is 77.3 Å². The molecule has 0 bridgehead atoms. The van der Waals surface area contributed by atoms with Crippen molar-refractivity contribution in [1.82, 2.24) is 14.8 Å². The third-order valence-electron chi connectivity index (χ3n) is 8.84. The Kier molecular flexibility index (Phi) is 12.3. The average Bonchev–Trinajstić information content (AvgIpc) is 3.50. The van der Waals surface area contributed by atoms with Gasteiger partial charge < -0.3 is 30.0 Å². The van der Waals surface area contributed by atoms with E-state index in [9.17, 15) is 4.79 Å². The molecule has 0 saturated heterocycles. The monoisotopic (exact) mass is 664 g/mol. The van der Waals surface area contributed by atoms with E-state index in [1.165, 1.54) is 0 Å². The molecule has 3 N–H and O–H groups in total. The van der Waals surface area contributed by atoms with Crippen LogP contribution in [0.25, 0.3) is 17.2 Å². The van der Waals surface area contributed by atoms with E-state index in [1.54, 1.807) is 6.33 Å². The first-order chi connectivity index (χ1) is 23.7. The summed E-state index contributed by atoms with van der Waals surface area (Å²) in [4.78, 5) is 16.1. The van der Waals surface area contributed by atoms with E-state index in [4.69, 9.17) is 15.2 Å². The summed E-state index contributed by atoms with van der Waals surface area (Å²) < 4.78 is 13.5. The zero-order valence-electron chi connectivity index (χ0n) is 29.7. The second-order valence-electron chi connectivity index (χ2n) is 13.5. The number of nitrogens with two attached hydrogens (primary N) is 1. The fraction of sp³-hybridized carbons (Fsp3) is 0.425. The molecule has 1 amide bonds. The van der Waals surface area contributed by atoms with Gasteiger partial charge in [0.25, 0.3) is 5.91 Å². The molecule has 1 aromatic heterocycles. The number of fused-ring (bicyclic) bond motifs is 1. The predicted molar refractivity (Wildman–Crippen MR) is 199 cm³/mol. The van der Waals surface area contributed by atoms with Crippen LogP contribution >= 0.6 is 0 Å². The highest BCUT2D eigenvalue weighted by molar-refractivity contribution is 6.07. The Labute approximate surface area is 291 Å². The summed E-state index contributed by atoms with van der Waals surface area (Å²) in [5, 5.41) is 11.5. The molecule has 49 heavy (non-hydrogen) atoms. The van der Waals surface area contributed by atoms with Gasteiger partial charge >= 0.3 is 0 Å². The highest BCUT2D eigenvalue weighted by Gasteiger charge is 2.29. The minimum absolute atomic E-state index is 0.103. The quantitative estimate of drug-likeness (QED) is 0.118. The number of anilines is 2. The van der Waals surface area contributed by atoms with Crippen molar-refractivity contribution in [1.29, 1.82) is 0 Å². The minimum Gasteiger partial charge on any atom is -0.491 e. The third kappa shape index (κ3) is 9.16. The first-order valence-electron chi connectivity index (χ1n) is 17.7. The number of carbonyl (C=O) groups is 1. The van der Waals surface area contributed by atoms with E-state index in [0.29, 0.717) is 37.1 Å². The summed E-state index contributed by atoms with van der Waals surface area (Å²) in [5.41, 5.74) is 12.7. The molecule has 1 unspecified atom stereocenters. The van der Waals surface area contributed by atoms with E-state index >= 15 is 0 Å². The summed E-state index contributed by atoms with van der Waals surface area (Å²) in [5.74, 6) is 1.92. The number of aromatic nitrogens is 3. The number of hydrogen-bond donors (Lipinski definition) is 2. The van der Waals surface area contributed by atoms with Gasteiger partial charge in [-0.25, -0.2) is 0 Å². The molecule has 2 heterocycles. The normalized spacial score (nSPS) is 14.2. The third-order valence-corrected chi connectivity index (χ3v) is 8.84. The largest absolute Gasteiger partial charge is 0.491 e. The van der Waals surface area contributed by atoms with Gasteiger partial charge in [0.2, 0.25) is 0 Å². The fourth-order valence-electron chi connectivity index (χ4n) is 6.20. The van der Waals surface area contributed by atoms with Gasteiger partial charge in [0.05, 0.1) is 12.1 Å². The number of rotatable bonds is 16. The number of nitrogens with zero attached hydrogens (tertiary/aromatic N) is 4. The molecule has 9 heteroatoms. The summed E-state index contributed by atoms with van der Waals surface area (Å²) in [6, 6.07) is 22.4. The van der Waals surface area contributed by atoms with Gasteiger partial charge in [0.15, 0.2) is 5.82 Å². The Morgan fingerprint density at radius 3 is 2.45 bits per heavy atom. The van der Waals surface area contributed by atoms with Crippen LogP contribution in [0.4, 0.5) is 11.4 Å². The highest BCUT2D eigenvalue weighted by atomic mass is 16.5. The highest BCUT2D eigenvalue weighted by Crippen LogP contribution is 2.34. The molecule has 5 rings (SSSR count). The predicted octanol–water partition coefficient (Wildman–Crippen LogP) is 7.66. The molecule has 0 spiro atoms. The lowest BCUT2D eigenvalue weighted by atomic mass is 9.92. The number of hydrogen-bond acceptors (Lipinski definition) is 7. The van der Waals surface area contributed by atoms with Crippen molar-refractivity contribution >= 4 is 23.4 Å². The van der Waals surface area contributed by atoms with Crippen LogP contribution in [-0.2, 0) is 21.6 Å². The van der Waals surface area contributed by atoms with Crippen LogP contribution in [0, 0.1) is 5.92 Å². The van der Waals surface area contributed by atoms with E-state index in [1.807, 2.05) is 47.9 Å². The molecule has 9 nitrogen and oxygen atoms in total. The summed E-state index contributed by atoms with van der Waals surface area (Å²) in [6.45, 7) is 15.0. The second kappa shape index (κ2) is 16.8. The van der Waals surface area contributed by atoms with Gasteiger partial charge in [-0.3, -0.25) is 4.79 Å². The van der Waals surface area contributed by atoms with Crippen molar-refractivity contribution in [3.05, 3.63) is 95.6 Å². The van der Waals surface area contributed by atoms with Gasteiger partial charge in [0.1, 0.15) is 18.7 Å². The molecule has 1 atom stereocenters. The van der Waals surface area contributed by atoms with Crippen LogP contribution in [0.3, 0.4) is 0 Å². The lowest BCUT2D eigenvalue weighted by molar-refractivity contribution is -0.112. The molecule has 0 radical (unpaired) electrons. The number of amides is 1. The maximum Gasteiger partial charge on any atom is 0.251 e. The van der Waals surface area contributed by atoms with Crippen molar-refractivity contribution in [3.63, 3.8) is 0 Å². The zero-order chi connectivity index (χ0) is 34.8. The fourth-order valence-corrected chi connectivity index (χ4v) is 6.20. The van der Waals surface area contributed by atoms with Crippen LogP contribution in [0.15, 0.2) is 78.6 Å². The molecule has 1 aliphatic heterocycles. The smallest absolute Gasteiger partial charge is 0.251 e. The Balaban J connectivity index is 1.31. The van der Waals surface area contributed by atoms with Crippen molar-refractivity contribution in [2.24, 2.45) is 11.7 Å². The Morgan fingerprint density at radius 1 is 0.980 bits per heavy atom. The Hall–Kier alpha value is -4.47. The van der Waals surface area contributed by atoms with Crippen molar-refractivity contribution in [3.8, 4) is 16.9 Å². The van der Waals surface area contributed by atoms with Crippen molar-refractivity contribution in [2.45, 2.75) is 72.4 Å². The van der Waals surface area contributed by atoms with Gasteiger partial charge in [-0.1, -0.05) is 64.4 Å². The number of carbonyl (C=O) groups excluding carboxylic acids is 1. The number of benzene rings is 3. The molecule has 3 aromatic carbocycles. The summed E-state index contributed by atoms with van der Waals surface area (Å²) >= 11 is 0. The summed E-state index contributed by atoms with van der Waals surface area (Å²) in [6.07, 6.45) is 7.57. The van der Waals surface area contributed by atoms with Gasteiger partial charge in [-0.05, 0) is 96.8 Å². The molecule has 1 aliphatic rings. The van der Waals surface area contributed by atoms with Gasteiger partial charge in [-0.15, -0.1) is 10.2 Å². The summed E-state index contributed by atoms with van der Waals surface area (Å²) in [7, 11) is 0. The minimum atomic E-state index is -0.824. The molecular weight excluding hydrogens is 612 g/mol. The van der Waals surface area contributed by atoms with E-state index in [2.05, 4.69) is 84.5 Å². The topological polar surface area (TPSA) is 108 Å². The van der Waals surface area contributed by atoms with Gasteiger partial charge in [-0.2, -0.15) is 0 Å². The lowest BCUT2D eigenvalue weighted by Gasteiger charge is -2.27. The number of aryl methyl sites for hydroxylation is 1. The number of unbranched alkanes of at least 4 members (excludes halogenated alkanes) is 1. The SMILES string of the molecule is CCCCOCCOc1ccc(-c2ccc3c(c2)C=C(C(=O)Nc2ccc(C(C)(N)c4nncn4CCC)cc2)CCN3CC(C)C)cc1. The molecule has 0 saturated carbocycles. The standard InChI is InChI=1S/C40H52N6O3/c1-6-8-22-48-23-24-49-36-16-9-30(10-17-36)31-11-18-37-33(25-31)26-32(19-21-45(37)27-29(3)4)38(47)43-35-14-12-34(13-15-35)40(5,41)39-44-42-28-46(39)20-7-2/h9-18,25-26,28-29H,6-8,19-24,27,41H2,1-5H3,(H,43,47).